The molecule has 1 aromatic heterocycles. The second kappa shape index (κ2) is 10.5. The number of aryl methyl sites for hydroxylation is 1. The molecule has 1 saturated heterocycles. The summed E-state index contributed by atoms with van der Waals surface area (Å²) in [5, 5.41) is 13.3. The van der Waals surface area contributed by atoms with Crippen molar-refractivity contribution in [1.82, 2.24) is 20.4 Å². The van der Waals surface area contributed by atoms with Crippen LogP contribution in [0.25, 0.3) is 0 Å². The van der Waals surface area contributed by atoms with Gasteiger partial charge in [0.25, 0.3) is 5.91 Å². The Hall–Kier alpha value is -3.20. The van der Waals surface area contributed by atoms with Crippen molar-refractivity contribution in [3.8, 4) is 0 Å². The van der Waals surface area contributed by atoms with E-state index >= 15 is 0 Å². The van der Waals surface area contributed by atoms with E-state index in [4.69, 9.17) is 4.74 Å². The first-order chi connectivity index (χ1) is 18.3. The largest absolute Gasteiger partial charge is 0.380 e. The van der Waals surface area contributed by atoms with E-state index < -0.39 is 11.5 Å². The third kappa shape index (κ3) is 4.96. The van der Waals surface area contributed by atoms with Gasteiger partial charge in [0.2, 0.25) is 11.8 Å². The lowest BCUT2D eigenvalue weighted by Gasteiger charge is -2.42. The molecule has 204 valence electrons. The zero-order valence-electron chi connectivity index (χ0n) is 22.6. The topological polar surface area (TPSA) is 114 Å². The van der Waals surface area contributed by atoms with Crippen LogP contribution in [0.4, 0.5) is 5.69 Å². The fraction of sp³-hybridized carbons (Fsp3) is 0.586. The monoisotopic (exact) mass is 521 g/mol. The van der Waals surface area contributed by atoms with E-state index in [1.54, 1.807) is 19.3 Å². The molecule has 3 aliphatic rings. The van der Waals surface area contributed by atoms with Crippen LogP contribution in [0.2, 0.25) is 0 Å². The summed E-state index contributed by atoms with van der Waals surface area (Å²) in [6.45, 7) is 5.50. The Morgan fingerprint density at radius 1 is 1.18 bits per heavy atom. The summed E-state index contributed by atoms with van der Waals surface area (Å²) >= 11 is 0. The van der Waals surface area contributed by atoms with Crippen LogP contribution >= 0.6 is 0 Å². The summed E-state index contributed by atoms with van der Waals surface area (Å²) in [5.41, 5.74) is 1.11. The van der Waals surface area contributed by atoms with Crippen LogP contribution in [0.1, 0.15) is 68.4 Å². The van der Waals surface area contributed by atoms with Gasteiger partial charge >= 0.3 is 0 Å². The van der Waals surface area contributed by atoms with Crippen LogP contribution in [0, 0.1) is 17.3 Å². The predicted octanol–water partition coefficient (Wildman–Crippen LogP) is 3.17. The summed E-state index contributed by atoms with van der Waals surface area (Å²) in [4.78, 5) is 40.3. The number of aromatic nitrogens is 2. The number of carbonyl (C=O) groups excluding carboxylic acids is 3. The lowest BCUT2D eigenvalue weighted by molar-refractivity contribution is -0.126. The number of rotatable bonds is 10. The van der Waals surface area contributed by atoms with Gasteiger partial charge < -0.3 is 20.7 Å². The van der Waals surface area contributed by atoms with E-state index in [2.05, 4.69) is 28.0 Å². The van der Waals surface area contributed by atoms with Crippen molar-refractivity contribution in [2.45, 2.75) is 63.8 Å². The summed E-state index contributed by atoms with van der Waals surface area (Å²) < 4.78 is 7.17. The van der Waals surface area contributed by atoms with Crippen LogP contribution in [0.5, 0.6) is 0 Å². The van der Waals surface area contributed by atoms with E-state index in [-0.39, 0.29) is 29.1 Å². The third-order valence-electron chi connectivity index (χ3n) is 8.96. The molecule has 3 N–H and O–H groups in total. The molecule has 3 amide bonds. The van der Waals surface area contributed by atoms with Gasteiger partial charge in [-0.25, -0.2) is 0 Å². The number of hydrogen-bond acceptors (Lipinski definition) is 5. The van der Waals surface area contributed by atoms with Crippen molar-refractivity contribution >= 4 is 23.4 Å². The quantitative estimate of drug-likeness (QED) is 0.444. The van der Waals surface area contributed by atoms with Crippen LogP contribution in [-0.2, 0) is 26.8 Å². The molecule has 1 aliphatic heterocycles. The SMILES string of the molecule is CCNC(=O)C1(c2cccc(NC(=O)[C@@H](NC(=O)c3ccnn3C)C(C3CCC3)C3(C)CC3)c2)CCOC1. The van der Waals surface area contributed by atoms with Gasteiger partial charge in [-0.1, -0.05) is 38.3 Å². The van der Waals surface area contributed by atoms with Gasteiger partial charge in [-0.2, -0.15) is 5.10 Å². The van der Waals surface area contributed by atoms with Gasteiger partial charge in [0.05, 0.1) is 12.0 Å². The molecule has 2 aromatic rings. The van der Waals surface area contributed by atoms with Gasteiger partial charge in [0, 0.05) is 32.1 Å². The van der Waals surface area contributed by atoms with Gasteiger partial charge in [-0.05, 0) is 67.2 Å². The molecule has 2 aliphatic carbocycles. The number of amides is 3. The first kappa shape index (κ1) is 26.4. The maximum Gasteiger partial charge on any atom is 0.270 e. The standard InChI is InChI=1S/C29H39N5O4/c1-4-30-27(37)29(14-16-38-18-29)20-9-6-10-21(17-20)32-26(36)24(33-25(35)22-11-15-31-34(22)3)23(19-7-5-8-19)28(2)12-13-28/h6,9-11,15,17,19,23-24H,4-5,7-8,12-14,16,18H2,1-3H3,(H,30,37)(H,32,36)(H,33,35)/t23?,24-,29?/m0/s1. The molecule has 3 fully saturated rings. The fourth-order valence-corrected chi connectivity index (χ4v) is 6.25. The maximum absolute atomic E-state index is 14.0. The first-order valence-electron chi connectivity index (χ1n) is 13.8. The molecule has 5 rings (SSSR count). The molecule has 2 saturated carbocycles. The minimum atomic E-state index is -0.778. The van der Waals surface area contributed by atoms with E-state index in [9.17, 15) is 14.4 Å². The summed E-state index contributed by atoms with van der Waals surface area (Å²) in [5.74, 6) is -0.119. The zero-order chi connectivity index (χ0) is 26.9. The molecule has 2 unspecified atom stereocenters. The molecule has 38 heavy (non-hydrogen) atoms. The molecular formula is C29H39N5O4. The van der Waals surface area contributed by atoms with Crippen LogP contribution in [0.3, 0.4) is 0 Å². The molecule has 0 spiro atoms. The lowest BCUT2D eigenvalue weighted by atomic mass is 9.66. The molecule has 0 bridgehead atoms. The fourth-order valence-electron chi connectivity index (χ4n) is 6.25. The van der Waals surface area contributed by atoms with E-state index in [0.717, 1.165) is 37.7 Å². The van der Waals surface area contributed by atoms with E-state index in [1.165, 1.54) is 4.68 Å². The Balaban J connectivity index is 1.42. The Morgan fingerprint density at radius 2 is 1.97 bits per heavy atom. The molecular weight excluding hydrogens is 482 g/mol. The molecule has 0 radical (unpaired) electrons. The third-order valence-corrected chi connectivity index (χ3v) is 8.96. The van der Waals surface area contributed by atoms with Crippen molar-refractivity contribution < 1.29 is 19.1 Å². The number of nitrogens with one attached hydrogen (secondary N) is 3. The number of hydrogen-bond donors (Lipinski definition) is 3. The highest BCUT2D eigenvalue weighted by atomic mass is 16.5. The van der Waals surface area contributed by atoms with Gasteiger partial charge in [-0.3, -0.25) is 19.1 Å². The number of carbonyl (C=O) groups is 3. The minimum absolute atomic E-state index is 0.0398. The maximum atomic E-state index is 14.0. The lowest BCUT2D eigenvalue weighted by Crippen LogP contribution is -2.54. The summed E-state index contributed by atoms with van der Waals surface area (Å²) in [6, 6.07) is 8.47. The molecule has 9 nitrogen and oxygen atoms in total. The Morgan fingerprint density at radius 3 is 2.55 bits per heavy atom. The Bertz CT molecular complexity index is 1190. The van der Waals surface area contributed by atoms with Crippen molar-refractivity contribution in [1.29, 1.82) is 0 Å². The van der Waals surface area contributed by atoms with Gasteiger partial charge in [0.1, 0.15) is 11.7 Å². The second-order valence-corrected chi connectivity index (χ2v) is 11.5. The van der Waals surface area contributed by atoms with E-state index in [0.29, 0.717) is 43.5 Å². The van der Waals surface area contributed by atoms with E-state index in [1.807, 2.05) is 31.2 Å². The Kier molecular flexibility index (Phi) is 7.31. The van der Waals surface area contributed by atoms with Crippen LogP contribution in [-0.4, -0.2) is 53.3 Å². The molecule has 2 heterocycles. The molecule has 3 atom stereocenters. The number of benzene rings is 1. The summed E-state index contributed by atoms with van der Waals surface area (Å²) in [7, 11) is 1.72. The first-order valence-corrected chi connectivity index (χ1v) is 13.8. The zero-order valence-corrected chi connectivity index (χ0v) is 22.6. The highest BCUT2D eigenvalue weighted by Crippen LogP contribution is 2.58. The van der Waals surface area contributed by atoms with Crippen molar-refractivity contribution in [3.63, 3.8) is 0 Å². The van der Waals surface area contributed by atoms with Crippen molar-refractivity contribution in [2.24, 2.45) is 24.3 Å². The predicted molar refractivity (Wildman–Crippen MR) is 144 cm³/mol. The normalized spacial score (nSPS) is 23.7. The number of ether oxygens (including phenoxy) is 1. The average molecular weight is 522 g/mol. The number of anilines is 1. The van der Waals surface area contributed by atoms with Crippen molar-refractivity contribution in [2.75, 3.05) is 25.1 Å². The van der Waals surface area contributed by atoms with Crippen molar-refractivity contribution in [3.05, 3.63) is 47.8 Å². The second-order valence-electron chi connectivity index (χ2n) is 11.5. The Labute approximate surface area is 224 Å². The smallest absolute Gasteiger partial charge is 0.270 e. The summed E-state index contributed by atoms with van der Waals surface area (Å²) in [6.07, 6.45) is 7.61. The minimum Gasteiger partial charge on any atom is -0.380 e. The van der Waals surface area contributed by atoms with Crippen LogP contribution in [0.15, 0.2) is 36.5 Å². The van der Waals surface area contributed by atoms with Crippen LogP contribution < -0.4 is 16.0 Å². The van der Waals surface area contributed by atoms with Gasteiger partial charge in [-0.15, -0.1) is 0 Å². The number of likely N-dealkylation sites (N-methyl/N-ethyl adjacent to an activating group) is 1. The number of nitrogens with zero attached hydrogens (tertiary/aromatic N) is 2. The molecule has 1 aromatic carbocycles. The van der Waals surface area contributed by atoms with Gasteiger partial charge in [0.15, 0.2) is 0 Å². The highest BCUT2D eigenvalue weighted by Gasteiger charge is 2.54. The molecule has 9 heteroatoms. The average Bonchev–Trinajstić information content (AvgIpc) is 3.23. The highest BCUT2D eigenvalue weighted by molar-refractivity contribution is 6.01.